The Morgan fingerprint density at radius 3 is 2.50 bits per heavy atom. The van der Waals surface area contributed by atoms with Crippen LogP contribution in [0.1, 0.15) is 22.8 Å². The molecule has 0 aliphatic heterocycles. The molecule has 2 rings (SSSR count). The first kappa shape index (κ1) is 18.3. The second-order valence-electron chi connectivity index (χ2n) is 6.47. The number of likely N-dealkylation sites (N-methyl/N-ethyl adjacent to an activating group) is 1. The van der Waals surface area contributed by atoms with Gasteiger partial charge in [-0.25, -0.2) is 0 Å². The van der Waals surface area contributed by atoms with E-state index in [-0.39, 0.29) is 17.1 Å². The number of nitrogens with zero attached hydrogens (tertiary/aromatic N) is 1. The Labute approximate surface area is 147 Å². The van der Waals surface area contributed by atoms with Crippen LogP contribution in [0, 0.1) is 0 Å². The summed E-state index contributed by atoms with van der Waals surface area (Å²) in [7, 11) is 4.06. The molecule has 5 heteroatoms. The molecule has 4 nitrogen and oxygen atoms in total. The maximum Gasteiger partial charge on any atom is 0.161 e. The van der Waals surface area contributed by atoms with E-state index in [1.165, 1.54) is 13.0 Å². The molecule has 0 radical (unpaired) electrons. The minimum Gasteiger partial charge on any atom is -0.872 e. The number of ether oxygens (including phenoxy) is 1. The molecule has 0 fully saturated rings. The minimum atomic E-state index is -0.200. The van der Waals surface area contributed by atoms with E-state index >= 15 is 0 Å². The van der Waals surface area contributed by atoms with Gasteiger partial charge in [0.1, 0.15) is 25.4 Å². The smallest absolute Gasteiger partial charge is 0.161 e. The van der Waals surface area contributed by atoms with E-state index in [1.807, 2.05) is 44.4 Å². The van der Waals surface area contributed by atoms with Crippen molar-refractivity contribution in [1.82, 2.24) is 0 Å². The molecule has 2 aromatic rings. The Morgan fingerprint density at radius 1 is 1.21 bits per heavy atom. The van der Waals surface area contributed by atoms with Gasteiger partial charge in [-0.15, -0.1) is 0 Å². The first-order valence-electron chi connectivity index (χ1n) is 7.79. The summed E-state index contributed by atoms with van der Waals surface area (Å²) in [6.07, 6.45) is 0. The van der Waals surface area contributed by atoms with Gasteiger partial charge in [-0.3, -0.25) is 4.79 Å². The molecule has 2 aromatic carbocycles. The van der Waals surface area contributed by atoms with E-state index in [4.69, 9.17) is 16.3 Å². The Balaban J connectivity index is 2.00. The number of carbonyl (C=O) groups excluding carboxylic acids is 1. The molecule has 0 aliphatic rings. The molecule has 0 saturated carbocycles. The summed E-state index contributed by atoms with van der Waals surface area (Å²) in [6.45, 7) is 3.21. The zero-order valence-electron chi connectivity index (χ0n) is 14.2. The van der Waals surface area contributed by atoms with E-state index in [9.17, 15) is 9.90 Å². The predicted octanol–water partition coefficient (Wildman–Crippen LogP) is 3.27. The molecule has 0 bridgehead atoms. The van der Waals surface area contributed by atoms with Crippen LogP contribution < -0.4 is 9.84 Å². The second kappa shape index (κ2) is 7.69. The van der Waals surface area contributed by atoms with Crippen LogP contribution in [0.15, 0.2) is 42.5 Å². The van der Waals surface area contributed by atoms with Crippen molar-refractivity contribution in [2.24, 2.45) is 0 Å². The van der Waals surface area contributed by atoms with Crippen LogP contribution in [0.3, 0.4) is 0 Å². The standard InChI is InChI=1S/C19H22ClNO3/c1-14(22)17-12-19(23)15(11-18(17)20)13-21(2,3)9-10-24-16-7-5-4-6-8-16/h4-8,11-12H,9-10,13H2,1-3H3. The van der Waals surface area contributed by atoms with Crippen molar-refractivity contribution in [3.63, 3.8) is 0 Å². The lowest BCUT2D eigenvalue weighted by Crippen LogP contribution is -2.42. The molecule has 0 amide bonds. The van der Waals surface area contributed by atoms with Gasteiger partial charge in [-0.1, -0.05) is 41.6 Å². The maximum absolute atomic E-state index is 12.2. The quantitative estimate of drug-likeness (QED) is 0.570. The molecule has 0 heterocycles. The first-order valence-corrected chi connectivity index (χ1v) is 8.16. The third kappa shape index (κ3) is 4.98. The van der Waals surface area contributed by atoms with Crippen molar-refractivity contribution < 1.29 is 19.1 Å². The molecule has 0 aromatic heterocycles. The number of hydrogen-bond acceptors (Lipinski definition) is 3. The minimum absolute atomic E-state index is 0.153. The number of para-hydroxylation sites is 1. The number of benzene rings is 2. The summed E-state index contributed by atoms with van der Waals surface area (Å²) in [4.78, 5) is 11.4. The average molecular weight is 348 g/mol. The largest absolute Gasteiger partial charge is 0.872 e. The lowest BCUT2D eigenvalue weighted by Gasteiger charge is -2.31. The molecular weight excluding hydrogens is 326 g/mol. The second-order valence-corrected chi connectivity index (χ2v) is 6.88. The number of hydrogen-bond donors (Lipinski definition) is 0. The fourth-order valence-electron chi connectivity index (χ4n) is 2.46. The summed E-state index contributed by atoms with van der Waals surface area (Å²) in [5.41, 5.74) is 0.887. The van der Waals surface area contributed by atoms with Crippen molar-refractivity contribution in [2.75, 3.05) is 27.2 Å². The molecule has 0 saturated heterocycles. The third-order valence-electron chi connectivity index (χ3n) is 3.84. The third-order valence-corrected chi connectivity index (χ3v) is 4.15. The normalized spacial score (nSPS) is 11.3. The number of quaternary nitrogens is 1. The van der Waals surface area contributed by atoms with E-state index in [1.54, 1.807) is 6.07 Å². The van der Waals surface area contributed by atoms with Gasteiger partial charge in [0, 0.05) is 5.56 Å². The van der Waals surface area contributed by atoms with Crippen LogP contribution >= 0.6 is 11.6 Å². The zero-order valence-corrected chi connectivity index (χ0v) is 15.0. The van der Waals surface area contributed by atoms with Gasteiger partial charge >= 0.3 is 0 Å². The van der Waals surface area contributed by atoms with E-state index in [0.29, 0.717) is 28.2 Å². The molecule has 128 valence electrons. The van der Waals surface area contributed by atoms with Gasteiger partial charge in [-0.2, -0.15) is 0 Å². The summed E-state index contributed by atoms with van der Waals surface area (Å²) in [5.74, 6) is 0.476. The Bertz CT molecular complexity index is 714. The Morgan fingerprint density at radius 2 is 1.88 bits per heavy atom. The number of ketones is 1. The van der Waals surface area contributed by atoms with Gasteiger partial charge in [0.2, 0.25) is 0 Å². The summed E-state index contributed by atoms with van der Waals surface area (Å²) in [6, 6.07) is 12.6. The number of carbonyl (C=O) groups is 1. The van der Waals surface area contributed by atoms with Crippen LogP contribution in [0.4, 0.5) is 0 Å². The average Bonchev–Trinajstić information content (AvgIpc) is 2.51. The fourth-order valence-corrected chi connectivity index (χ4v) is 2.77. The Kier molecular flexibility index (Phi) is 5.86. The molecule has 0 N–H and O–H groups in total. The van der Waals surface area contributed by atoms with Gasteiger partial charge in [-0.05, 0) is 30.7 Å². The topological polar surface area (TPSA) is 49.4 Å². The van der Waals surface area contributed by atoms with Crippen LogP contribution in [0.25, 0.3) is 0 Å². The highest BCUT2D eigenvalue weighted by Crippen LogP contribution is 2.27. The summed E-state index contributed by atoms with van der Waals surface area (Å²) < 4.78 is 6.30. The highest BCUT2D eigenvalue weighted by atomic mass is 35.5. The van der Waals surface area contributed by atoms with Crippen LogP contribution in [0.5, 0.6) is 11.5 Å². The predicted molar refractivity (Wildman–Crippen MR) is 93.5 cm³/mol. The van der Waals surface area contributed by atoms with Gasteiger partial charge in [0.15, 0.2) is 5.78 Å². The molecular formula is C19H22ClNO3. The van der Waals surface area contributed by atoms with E-state index in [2.05, 4.69) is 0 Å². The number of rotatable bonds is 7. The highest BCUT2D eigenvalue weighted by molar-refractivity contribution is 6.34. The van der Waals surface area contributed by atoms with Crippen LogP contribution in [0.2, 0.25) is 5.02 Å². The number of Topliss-reactive ketones (excluding diaryl/α,β-unsaturated/α-hetero) is 1. The lowest BCUT2D eigenvalue weighted by molar-refractivity contribution is -0.903. The molecule has 0 aliphatic carbocycles. The molecule has 24 heavy (non-hydrogen) atoms. The Hall–Kier alpha value is -2.04. The highest BCUT2D eigenvalue weighted by Gasteiger charge is 2.18. The van der Waals surface area contributed by atoms with Crippen molar-refractivity contribution in [3.8, 4) is 11.5 Å². The van der Waals surface area contributed by atoms with Crippen molar-refractivity contribution in [3.05, 3.63) is 58.6 Å². The maximum atomic E-state index is 12.2. The van der Waals surface area contributed by atoms with Gasteiger partial charge in [0.05, 0.1) is 19.1 Å². The zero-order chi connectivity index (χ0) is 17.7. The fraction of sp³-hybridized carbons (Fsp3) is 0.316. The van der Waals surface area contributed by atoms with Crippen LogP contribution in [-0.2, 0) is 6.54 Å². The summed E-state index contributed by atoms with van der Waals surface area (Å²) >= 11 is 6.12. The van der Waals surface area contributed by atoms with Crippen molar-refractivity contribution >= 4 is 17.4 Å². The van der Waals surface area contributed by atoms with Gasteiger partial charge < -0.3 is 14.3 Å². The molecule has 0 spiro atoms. The summed E-state index contributed by atoms with van der Waals surface area (Å²) in [5, 5.41) is 12.5. The van der Waals surface area contributed by atoms with E-state index < -0.39 is 0 Å². The van der Waals surface area contributed by atoms with Crippen molar-refractivity contribution in [2.45, 2.75) is 13.5 Å². The van der Waals surface area contributed by atoms with Crippen molar-refractivity contribution in [1.29, 1.82) is 0 Å². The lowest BCUT2D eigenvalue weighted by atomic mass is 10.1. The molecule has 0 atom stereocenters. The first-order chi connectivity index (χ1) is 11.3. The SMILES string of the molecule is CC(=O)c1cc([O-])c(C[N+](C)(C)CCOc2ccccc2)cc1Cl. The van der Waals surface area contributed by atoms with Gasteiger partial charge in [0.25, 0.3) is 0 Å². The molecule has 0 unspecified atom stereocenters. The number of halogens is 1. The monoisotopic (exact) mass is 347 g/mol. The van der Waals surface area contributed by atoms with Crippen LogP contribution in [-0.4, -0.2) is 37.5 Å². The van der Waals surface area contributed by atoms with E-state index in [0.717, 1.165) is 12.3 Å².